The highest BCUT2D eigenvalue weighted by molar-refractivity contribution is 5.78. The third kappa shape index (κ3) is 4.75. The monoisotopic (exact) mass is 198 g/mol. The molecule has 1 heterocycles. The molecule has 1 aliphatic heterocycles. The van der Waals surface area contributed by atoms with Gasteiger partial charge in [0.15, 0.2) is 0 Å². The fourth-order valence-electron chi connectivity index (χ4n) is 1.77. The van der Waals surface area contributed by atoms with Gasteiger partial charge in [0.1, 0.15) is 5.78 Å². The highest BCUT2D eigenvalue weighted by Gasteiger charge is 2.17. The minimum atomic E-state index is 0.225. The molecule has 0 radical (unpaired) electrons. The molecular weight excluding hydrogens is 176 g/mol. The van der Waals surface area contributed by atoms with Gasteiger partial charge in [-0.1, -0.05) is 13.8 Å². The highest BCUT2D eigenvalue weighted by atomic mass is 16.5. The van der Waals surface area contributed by atoms with E-state index in [0.29, 0.717) is 18.1 Å². The molecule has 82 valence electrons. The van der Waals surface area contributed by atoms with Gasteiger partial charge in [-0.3, -0.25) is 4.79 Å². The van der Waals surface area contributed by atoms with Crippen LogP contribution in [0.25, 0.3) is 0 Å². The Bertz CT molecular complexity index is 169. The summed E-state index contributed by atoms with van der Waals surface area (Å²) in [6, 6.07) is 0. The molecule has 0 aromatic heterocycles. The van der Waals surface area contributed by atoms with Crippen molar-refractivity contribution < 1.29 is 9.53 Å². The van der Waals surface area contributed by atoms with Crippen LogP contribution in [0.2, 0.25) is 0 Å². The molecule has 2 heteroatoms. The molecule has 1 rings (SSSR count). The summed E-state index contributed by atoms with van der Waals surface area (Å²) in [5.41, 5.74) is 0. The van der Waals surface area contributed by atoms with E-state index >= 15 is 0 Å². The molecule has 0 aliphatic carbocycles. The molecule has 0 N–H and O–H groups in total. The first-order valence-corrected chi connectivity index (χ1v) is 5.82. The van der Waals surface area contributed by atoms with E-state index < -0.39 is 0 Å². The van der Waals surface area contributed by atoms with Gasteiger partial charge in [0.05, 0.1) is 6.10 Å². The van der Waals surface area contributed by atoms with Crippen LogP contribution in [0, 0.1) is 5.92 Å². The smallest absolute Gasteiger partial charge is 0.135 e. The van der Waals surface area contributed by atoms with Crippen molar-refractivity contribution in [2.24, 2.45) is 5.92 Å². The van der Waals surface area contributed by atoms with Gasteiger partial charge in [0.2, 0.25) is 0 Å². The van der Waals surface area contributed by atoms with Crippen molar-refractivity contribution in [2.75, 3.05) is 6.61 Å². The zero-order valence-electron chi connectivity index (χ0n) is 9.42. The second-order valence-electron chi connectivity index (χ2n) is 4.66. The molecule has 0 aromatic carbocycles. The highest BCUT2D eigenvalue weighted by Crippen LogP contribution is 2.17. The molecule has 1 aliphatic rings. The van der Waals surface area contributed by atoms with Crippen molar-refractivity contribution in [3.63, 3.8) is 0 Å². The van der Waals surface area contributed by atoms with Crippen LogP contribution >= 0.6 is 0 Å². The fraction of sp³-hybridized carbons (Fsp3) is 0.917. The molecule has 2 nitrogen and oxygen atoms in total. The summed E-state index contributed by atoms with van der Waals surface area (Å²) in [6.07, 6.45) is 6.09. The summed E-state index contributed by atoms with van der Waals surface area (Å²) in [7, 11) is 0. The Labute approximate surface area is 87.0 Å². The lowest BCUT2D eigenvalue weighted by atomic mass is 9.99. The zero-order chi connectivity index (χ0) is 10.4. The third-order valence-corrected chi connectivity index (χ3v) is 2.73. The van der Waals surface area contributed by atoms with Gasteiger partial charge < -0.3 is 4.74 Å². The van der Waals surface area contributed by atoms with E-state index in [2.05, 4.69) is 13.8 Å². The van der Waals surface area contributed by atoms with Crippen molar-refractivity contribution in [3.8, 4) is 0 Å². The van der Waals surface area contributed by atoms with E-state index in [4.69, 9.17) is 4.74 Å². The molecule has 1 saturated heterocycles. The van der Waals surface area contributed by atoms with Crippen LogP contribution in [0.3, 0.4) is 0 Å². The number of rotatable bonds is 5. The van der Waals surface area contributed by atoms with Crippen LogP contribution in [0.15, 0.2) is 0 Å². The first kappa shape index (κ1) is 11.7. The van der Waals surface area contributed by atoms with Gasteiger partial charge in [-0.25, -0.2) is 0 Å². The van der Waals surface area contributed by atoms with Crippen molar-refractivity contribution in [1.29, 1.82) is 0 Å². The molecule has 14 heavy (non-hydrogen) atoms. The topological polar surface area (TPSA) is 26.3 Å². The fourth-order valence-corrected chi connectivity index (χ4v) is 1.77. The number of ether oxygens (including phenoxy) is 1. The first-order chi connectivity index (χ1) is 6.68. The Morgan fingerprint density at radius 1 is 1.43 bits per heavy atom. The Hall–Kier alpha value is -0.370. The maximum Gasteiger partial charge on any atom is 0.135 e. The first-order valence-electron chi connectivity index (χ1n) is 5.82. The minimum absolute atomic E-state index is 0.225. The zero-order valence-corrected chi connectivity index (χ0v) is 9.42. The molecule has 1 fully saturated rings. The van der Waals surface area contributed by atoms with Crippen molar-refractivity contribution in [2.45, 2.75) is 58.5 Å². The van der Waals surface area contributed by atoms with Crippen LogP contribution in [0.1, 0.15) is 52.4 Å². The van der Waals surface area contributed by atoms with Crippen LogP contribution in [-0.2, 0) is 9.53 Å². The Morgan fingerprint density at radius 2 is 2.21 bits per heavy atom. The molecule has 1 atom stereocenters. The molecule has 0 spiro atoms. The maximum atomic E-state index is 11.5. The summed E-state index contributed by atoms with van der Waals surface area (Å²) in [5, 5.41) is 0. The van der Waals surface area contributed by atoms with Crippen LogP contribution < -0.4 is 0 Å². The number of hydrogen-bond acceptors (Lipinski definition) is 2. The number of hydrogen-bond donors (Lipinski definition) is 0. The number of carbonyl (C=O) groups excluding carboxylic acids is 1. The van der Waals surface area contributed by atoms with Gasteiger partial charge >= 0.3 is 0 Å². The summed E-state index contributed by atoms with van der Waals surface area (Å²) >= 11 is 0. The summed E-state index contributed by atoms with van der Waals surface area (Å²) < 4.78 is 5.53. The molecule has 0 amide bonds. The molecule has 0 aromatic rings. The average Bonchev–Trinajstić information content (AvgIpc) is 2.16. The summed E-state index contributed by atoms with van der Waals surface area (Å²) in [6.45, 7) is 5.16. The second-order valence-corrected chi connectivity index (χ2v) is 4.66. The molecule has 1 unspecified atom stereocenters. The lowest BCUT2D eigenvalue weighted by Crippen LogP contribution is -2.22. The van der Waals surface area contributed by atoms with E-state index in [1.807, 2.05) is 0 Å². The van der Waals surface area contributed by atoms with Gasteiger partial charge in [-0.05, 0) is 31.6 Å². The van der Waals surface area contributed by atoms with Gasteiger partial charge in [0.25, 0.3) is 0 Å². The normalized spacial score (nSPS) is 22.6. The Balaban J connectivity index is 2.12. The van der Waals surface area contributed by atoms with E-state index in [9.17, 15) is 4.79 Å². The van der Waals surface area contributed by atoms with E-state index in [0.717, 1.165) is 32.3 Å². The van der Waals surface area contributed by atoms with Crippen LogP contribution in [-0.4, -0.2) is 18.5 Å². The van der Waals surface area contributed by atoms with E-state index in [1.54, 1.807) is 0 Å². The standard InChI is InChI=1S/C12H22O2/c1-10(2)6-7-11(13)9-12-5-3-4-8-14-12/h10,12H,3-9H2,1-2H3. The number of carbonyl (C=O) groups is 1. The molecule has 0 saturated carbocycles. The van der Waals surface area contributed by atoms with Crippen molar-refractivity contribution >= 4 is 5.78 Å². The minimum Gasteiger partial charge on any atom is -0.378 e. The number of Topliss-reactive ketones (excluding diaryl/α,β-unsaturated/α-hetero) is 1. The average molecular weight is 198 g/mol. The lowest BCUT2D eigenvalue weighted by molar-refractivity contribution is -0.123. The van der Waals surface area contributed by atoms with Gasteiger partial charge in [0, 0.05) is 19.4 Å². The van der Waals surface area contributed by atoms with Crippen LogP contribution in [0.4, 0.5) is 0 Å². The maximum absolute atomic E-state index is 11.5. The van der Waals surface area contributed by atoms with E-state index in [-0.39, 0.29) is 6.10 Å². The SMILES string of the molecule is CC(C)CCC(=O)CC1CCCCO1. The predicted molar refractivity (Wildman–Crippen MR) is 57.3 cm³/mol. The van der Waals surface area contributed by atoms with Gasteiger partial charge in [-0.2, -0.15) is 0 Å². The van der Waals surface area contributed by atoms with Crippen molar-refractivity contribution in [1.82, 2.24) is 0 Å². The van der Waals surface area contributed by atoms with E-state index in [1.165, 1.54) is 6.42 Å². The van der Waals surface area contributed by atoms with Crippen LogP contribution in [0.5, 0.6) is 0 Å². The molecule has 0 bridgehead atoms. The second kappa shape index (κ2) is 6.18. The predicted octanol–water partition coefficient (Wildman–Crippen LogP) is 2.95. The lowest BCUT2D eigenvalue weighted by Gasteiger charge is -2.21. The largest absolute Gasteiger partial charge is 0.378 e. The summed E-state index contributed by atoms with van der Waals surface area (Å²) in [5.74, 6) is 1.01. The number of ketones is 1. The van der Waals surface area contributed by atoms with Crippen molar-refractivity contribution in [3.05, 3.63) is 0 Å². The van der Waals surface area contributed by atoms with Gasteiger partial charge in [-0.15, -0.1) is 0 Å². The Kier molecular flexibility index (Phi) is 5.16. The third-order valence-electron chi connectivity index (χ3n) is 2.73. The quantitative estimate of drug-likeness (QED) is 0.679. The Morgan fingerprint density at radius 3 is 2.79 bits per heavy atom. The molecular formula is C12H22O2. The summed E-state index contributed by atoms with van der Waals surface area (Å²) in [4.78, 5) is 11.5.